The van der Waals surface area contributed by atoms with Crippen molar-refractivity contribution >= 4 is 17.6 Å². The molecule has 2 amide bonds. The quantitative estimate of drug-likeness (QED) is 0.880. The second kappa shape index (κ2) is 8.39. The van der Waals surface area contributed by atoms with E-state index in [2.05, 4.69) is 10.3 Å². The molecule has 0 aliphatic heterocycles. The zero-order valence-electron chi connectivity index (χ0n) is 13.3. The van der Waals surface area contributed by atoms with Crippen LogP contribution in [0.3, 0.4) is 0 Å². The molecule has 0 atom stereocenters. The Balaban J connectivity index is 1.99. The predicted molar refractivity (Wildman–Crippen MR) is 90.6 cm³/mol. The molecule has 0 aliphatic rings. The fourth-order valence-corrected chi connectivity index (χ4v) is 2.38. The molecule has 1 aromatic heterocycles. The highest BCUT2D eigenvalue weighted by Crippen LogP contribution is 2.22. The Morgan fingerprint density at radius 3 is 2.83 bits per heavy atom. The van der Waals surface area contributed by atoms with Gasteiger partial charge in [0, 0.05) is 29.9 Å². The number of carbonyl (C=O) groups is 1. The Labute approximate surface area is 141 Å². The summed E-state index contributed by atoms with van der Waals surface area (Å²) < 4.78 is 5.28. The topological polar surface area (TPSA) is 54.5 Å². The number of amides is 2. The number of carbonyl (C=O) groups excluding carboxylic acids is 1. The average Bonchev–Trinajstić information content (AvgIpc) is 2.58. The third kappa shape index (κ3) is 4.86. The molecule has 5 nitrogen and oxygen atoms in total. The number of hydrogen-bond acceptors (Lipinski definition) is 3. The SMILES string of the molecule is CCN(Cc1ccccn1)C(=O)NCc1cc(Cl)ccc1OC. The summed E-state index contributed by atoms with van der Waals surface area (Å²) in [6, 6.07) is 10.8. The molecule has 0 unspecified atom stereocenters. The van der Waals surface area contributed by atoms with Crippen LogP contribution in [0.25, 0.3) is 0 Å². The summed E-state index contributed by atoms with van der Waals surface area (Å²) in [6.07, 6.45) is 1.72. The van der Waals surface area contributed by atoms with Gasteiger partial charge in [0.25, 0.3) is 0 Å². The van der Waals surface area contributed by atoms with E-state index in [4.69, 9.17) is 16.3 Å². The summed E-state index contributed by atoms with van der Waals surface area (Å²) >= 11 is 6.00. The number of rotatable bonds is 6. The van der Waals surface area contributed by atoms with Crippen LogP contribution >= 0.6 is 11.6 Å². The molecule has 0 spiro atoms. The van der Waals surface area contributed by atoms with E-state index >= 15 is 0 Å². The van der Waals surface area contributed by atoms with Crippen molar-refractivity contribution in [1.29, 1.82) is 0 Å². The van der Waals surface area contributed by atoms with Gasteiger partial charge in [-0.3, -0.25) is 4.98 Å². The van der Waals surface area contributed by atoms with Crippen molar-refractivity contribution in [3.8, 4) is 5.75 Å². The Hall–Kier alpha value is -2.27. The molecule has 0 fully saturated rings. The maximum atomic E-state index is 12.3. The molecule has 0 aliphatic carbocycles. The minimum absolute atomic E-state index is 0.153. The maximum Gasteiger partial charge on any atom is 0.318 e. The van der Waals surface area contributed by atoms with E-state index in [0.29, 0.717) is 30.4 Å². The first-order valence-corrected chi connectivity index (χ1v) is 7.77. The normalized spacial score (nSPS) is 10.2. The van der Waals surface area contributed by atoms with E-state index in [1.165, 1.54) is 0 Å². The fourth-order valence-electron chi connectivity index (χ4n) is 2.18. The van der Waals surface area contributed by atoms with E-state index in [1.807, 2.05) is 25.1 Å². The fraction of sp³-hybridized carbons (Fsp3) is 0.294. The molecule has 1 N–H and O–H groups in total. The van der Waals surface area contributed by atoms with Crippen LogP contribution in [-0.4, -0.2) is 29.6 Å². The van der Waals surface area contributed by atoms with Crippen LogP contribution < -0.4 is 10.1 Å². The highest BCUT2D eigenvalue weighted by Gasteiger charge is 2.13. The maximum absolute atomic E-state index is 12.3. The van der Waals surface area contributed by atoms with Crippen molar-refractivity contribution in [2.45, 2.75) is 20.0 Å². The van der Waals surface area contributed by atoms with Gasteiger partial charge < -0.3 is 15.0 Å². The van der Waals surface area contributed by atoms with Crippen LogP contribution in [0.4, 0.5) is 4.79 Å². The number of halogens is 1. The summed E-state index contributed by atoms with van der Waals surface area (Å²) in [5, 5.41) is 3.50. The van der Waals surface area contributed by atoms with Gasteiger partial charge in [0.2, 0.25) is 0 Å². The number of methoxy groups -OCH3 is 1. The van der Waals surface area contributed by atoms with Crippen LogP contribution in [0.5, 0.6) is 5.75 Å². The standard InChI is InChI=1S/C17H20ClN3O2/c1-3-21(12-15-6-4-5-9-19-15)17(22)20-11-13-10-14(18)7-8-16(13)23-2/h4-10H,3,11-12H2,1-2H3,(H,20,22). The minimum Gasteiger partial charge on any atom is -0.496 e. The molecule has 0 saturated heterocycles. The van der Waals surface area contributed by atoms with Gasteiger partial charge in [-0.15, -0.1) is 0 Å². The summed E-state index contributed by atoms with van der Waals surface area (Å²) in [6.45, 7) is 3.34. The first kappa shape index (κ1) is 17.1. The average molecular weight is 334 g/mol. The van der Waals surface area contributed by atoms with Crippen molar-refractivity contribution < 1.29 is 9.53 Å². The summed E-state index contributed by atoms with van der Waals surface area (Å²) in [5.41, 5.74) is 1.69. The zero-order valence-corrected chi connectivity index (χ0v) is 14.0. The molecule has 1 aromatic carbocycles. The van der Waals surface area contributed by atoms with Crippen molar-refractivity contribution in [2.75, 3.05) is 13.7 Å². The second-order valence-corrected chi connectivity index (χ2v) is 5.39. The molecule has 1 heterocycles. The largest absolute Gasteiger partial charge is 0.496 e. The number of ether oxygens (including phenoxy) is 1. The lowest BCUT2D eigenvalue weighted by Gasteiger charge is -2.21. The predicted octanol–water partition coefficient (Wildman–Crippen LogP) is 3.48. The van der Waals surface area contributed by atoms with Crippen LogP contribution in [0.1, 0.15) is 18.2 Å². The molecular weight excluding hydrogens is 314 g/mol. The zero-order chi connectivity index (χ0) is 16.7. The third-order valence-electron chi connectivity index (χ3n) is 3.42. The van der Waals surface area contributed by atoms with Crippen molar-refractivity contribution in [3.05, 3.63) is 58.9 Å². The van der Waals surface area contributed by atoms with Crippen molar-refractivity contribution in [2.24, 2.45) is 0 Å². The summed E-state index contributed by atoms with van der Waals surface area (Å²) in [7, 11) is 1.59. The summed E-state index contributed by atoms with van der Waals surface area (Å²) in [5.74, 6) is 0.697. The number of nitrogens with one attached hydrogen (secondary N) is 1. The Kier molecular flexibility index (Phi) is 6.23. The van der Waals surface area contributed by atoms with Gasteiger partial charge in [0.05, 0.1) is 19.3 Å². The van der Waals surface area contributed by atoms with Crippen LogP contribution in [0, 0.1) is 0 Å². The molecule has 0 radical (unpaired) electrons. The molecule has 122 valence electrons. The van der Waals surface area contributed by atoms with Gasteiger partial charge in [-0.2, -0.15) is 0 Å². The van der Waals surface area contributed by atoms with E-state index in [1.54, 1.807) is 36.4 Å². The van der Waals surface area contributed by atoms with Gasteiger partial charge in [-0.25, -0.2) is 4.79 Å². The lowest BCUT2D eigenvalue weighted by Crippen LogP contribution is -2.39. The molecular formula is C17H20ClN3O2. The highest BCUT2D eigenvalue weighted by molar-refractivity contribution is 6.30. The van der Waals surface area contributed by atoms with Gasteiger partial charge >= 0.3 is 6.03 Å². The number of urea groups is 1. The Morgan fingerprint density at radius 2 is 2.17 bits per heavy atom. The van der Waals surface area contributed by atoms with E-state index < -0.39 is 0 Å². The van der Waals surface area contributed by atoms with E-state index in [0.717, 1.165) is 11.3 Å². The van der Waals surface area contributed by atoms with Crippen molar-refractivity contribution in [1.82, 2.24) is 15.2 Å². The van der Waals surface area contributed by atoms with Crippen LogP contribution in [-0.2, 0) is 13.1 Å². The smallest absolute Gasteiger partial charge is 0.318 e. The minimum atomic E-state index is -0.153. The molecule has 0 saturated carbocycles. The molecule has 0 bridgehead atoms. The third-order valence-corrected chi connectivity index (χ3v) is 3.66. The number of aromatic nitrogens is 1. The van der Waals surface area contributed by atoms with Gasteiger partial charge in [0.1, 0.15) is 5.75 Å². The van der Waals surface area contributed by atoms with Gasteiger partial charge in [-0.1, -0.05) is 17.7 Å². The van der Waals surface area contributed by atoms with Crippen molar-refractivity contribution in [3.63, 3.8) is 0 Å². The Morgan fingerprint density at radius 1 is 1.35 bits per heavy atom. The molecule has 2 aromatic rings. The second-order valence-electron chi connectivity index (χ2n) is 4.95. The Bertz CT molecular complexity index is 650. The lowest BCUT2D eigenvalue weighted by molar-refractivity contribution is 0.197. The van der Waals surface area contributed by atoms with Gasteiger partial charge in [-0.05, 0) is 37.3 Å². The molecule has 2 rings (SSSR count). The summed E-state index contributed by atoms with van der Waals surface area (Å²) in [4.78, 5) is 18.3. The first-order valence-electron chi connectivity index (χ1n) is 7.39. The lowest BCUT2D eigenvalue weighted by atomic mass is 10.2. The number of nitrogens with zero attached hydrogens (tertiary/aromatic N) is 2. The monoisotopic (exact) mass is 333 g/mol. The molecule has 23 heavy (non-hydrogen) atoms. The molecule has 6 heteroatoms. The first-order chi connectivity index (χ1) is 11.1. The number of hydrogen-bond donors (Lipinski definition) is 1. The number of pyridine rings is 1. The van der Waals surface area contributed by atoms with E-state index in [9.17, 15) is 4.79 Å². The highest BCUT2D eigenvalue weighted by atomic mass is 35.5. The van der Waals surface area contributed by atoms with Gasteiger partial charge in [0.15, 0.2) is 0 Å². The number of benzene rings is 1. The van der Waals surface area contributed by atoms with Crippen LogP contribution in [0.15, 0.2) is 42.6 Å². The van der Waals surface area contributed by atoms with E-state index in [-0.39, 0.29) is 6.03 Å². The van der Waals surface area contributed by atoms with Crippen LogP contribution in [0.2, 0.25) is 5.02 Å².